The number of ether oxygens (including phenoxy) is 1. The van der Waals surface area contributed by atoms with Crippen molar-refractivity contribution in [2.24, 2.45) is 0 Å². The van der Waals surface area contributed by atoms with Crippen molar-refractivity contribution < 1.29 is 4.74 Å². The van der Waals surface area contributed by atoms with Gasteiger partial charge in [0.15, 0.2) is 0 Å². The molecular formula is C12H8BrCl2NO. The third kappa shape index (κ3) is 3.12. The van der Waals surface area contributed by atoms with Gasteiger partial charge in [0.05, 0.1) is 12.1 Å². The molecule has 0 radical (unpaired) electrons. The molecule has 0 N–H and O–H groups in total. The van der Waals surface area contributed by atoms with Crippen LogP contribution in [0.25, 0.3) is 0 Å². The van der Waals surface area contributed by atoms with Crippen LogP contribution in [0.4, 0.5) is 0 Å². The molecular weight excluding hydrogens is 325 g/mol. The molecule has 0 aliphatic carbocycles. The third-order valence-electron chi connectivity index (χ3n) is 2.12. The van der Waals surface area contributed by atoms with Gasteiger partial charge in [-0.1, -0.05) is 17.7 Å². The van der Waals surface area contributed by atoms with Gasteiger partial charge in [-0.25, -0.2) is 0 Å². The number of hydrogen-bond acceptors (Lipinski definition) is 2. The fraction of sp³-hybridized carbons (Fsp3) is 0.0833. The number of alkyl halides is 1. The van der Waals surface area contributed by atoms with E-state index in [0.29, 0.717) is 22.4 Å². The highest BCUT2D eigenvalue weighted by molar-refractivity contribution is 9.10. The van der Waals surface area contributed by atoms with Gasteiger partial charge in [0.25, 0.3) is 0 Å². The molecule has 17 heavy (non-hydrogen) atoms. The molecule has 0 aliphatic rings. The lowest BCUT2D eigenvalue weighted by atomic mass is 10.2. The van der Waals surface area contributed by atoms with Crippen LogP contribution in [0.15, 0.2) is 41.1 Å². The van der Waals surface area contributed by atoms with Gasteiger partial charge in [0, 0.05) is 21.3 Å². The second kappa shape index (κ2) is 5.71. The molecule has 0 fully saturated rings. The van der Waals surface area contributed by atoms with E-state index in [1.165, 1.54) is 0 Å². The number of rotatable bonds is 3. The molecule has 0 aliphatic heterocycles. The monoisotopic (exact) mass is 331 g/mol. The molecule has 0 atom stereocenters. The highest BCUT2D eigenvalue weighted by Gasteiger charge is 2.08. The quantitative estimate of drug-likeness (QED) is 0.735. The summed E-state index contributed by atoms with van der Waals surface area (Å²) in [6.07, 6.45) is 3.32. The fourth-order valence-electron chi connectivity index (χ4n) is 1.34. The van der Waals surface area contributed by atoms with E-state index in [-0.39, 0.29) is 0 Å². The highest BCUT2D eigenvalue weighted by atomic mass is 79.9. The van der Waals surface area contributed by atoms with Crippen molar-refractivity contribution in [3.63, 3.8) is 0 Å². The predicted octanol–water partition coefficient (Wildman–Crippen LogP) is 5.03. The first kappa shape index (κ1) is 12.7. The number of pyridine rings is 1. The first-order valence-electron chi connectivity index (χ1n) is 4.82. The van der Waals surface area contributed by atoms with Crippen LogP contribution in [0.1, 0.15) is 5.56 Å². The summed E-state index contributed by atoms with van der Waals surface area (Å²) >= 11 is 15.2. The van der Waals surface area contributed by atoms with E-state index in [4.69, 9.17) is 27.9 Å². The second-order valence-electron chi connectivity index (χ2n) is 3.29. The molecule has 1 heterocycles. The molecule has 5 heteroatoms. The van der Waals surface area contributed by atoms with E-state index < -0.39 is 0 Å². The number of aromatic nitrogens is 1. The Kier molecular flexibility index (Phi) is 4.26. The zero-order valence-corrected chi connectivity index (χ0v) is 11.8. The van der Waals surface area contributed by atoms with Crippen molar-refractivity contribution in [2.75, 3.05) is 0 Å². The number of halogens is 3. The Labute approximate surface area is 118 Å². The Morgan fingerprint density at radius 2 is 2.12 bits per heavy atom. The molecule has 88 valence electrons. The maximum atomic E-state index is 6.04. The van der Waals surface area contributed by atoms with Gasteiger partial charge in [-0.2, -0.15) is 0 Å². The van der Waals surface area contributed by atoms with Crippen LogP contribution < -0.4 is 4.74 Å². The van der Waals surface area contributed by atoms with Crippen LogP contribution in [0.2, 0.25) is 5.02 Å². The summed E-state index contributed by atoms with van der Waals surface area (Å²) in [4.78, 5) is 4.02. The molecule has 0 saturated carbocycles. The van der Waals surface area contributed by atoms with E-state index in [0.717, 1.165) is 10.0 Å². The SMILES string of the molecule is ClCc1c(Cl)cccc1Oc1cncc(Br)c1. The molecule has 1 aromatic heterocycles. The van der Waals surface area contributed by atoms with Crippen molar-refractivity contribution in [1.29, 1.82) is 0 Å². The van der Waals surface area contributed by atoms with Gasteiger partial charge in [-0.05, 0) is 34.1 Å². The summed E-state index contributed by atoms with van der Waals surface area (Å²) in [6.45, 7) is 0. The molecule has 2 nitrogen and oxygen atoms in total. The maximum absolute atomic E-state index is 6.04. The smallest absolute Gasteiger partial charge is 0.146 e. The summed E-state index contributed by atoms with van der Waals surface area (Å²) in [5, 5.41) is 0.598. The topological polar surface area (TPSA) is 22.1 Å². The summed E-state index contributed by atoms with van der Waals surface area (Å²) in [7, 11) is 0. The minimum atomic E-state index is 0.302. The highest BCUT2D eigenvalue weighted by Crippen LogP contribution is 2.32. The molecule has 0 unspecified atom stereocenters. The molecule has 0 spiro atoms. The van der Waals surface area contributed by atoms with E-state index >= 15 is 0 Å². The molecule has 0 amide bonds. The predicted molar refractivity (Wildman–Crippen MR) is 73.0 cm³/mol. The van der Waals surface area contributed by atoms with Gasteiger partial charge in [0.1, 0.15) is 11.5 Å². The zero-order chi connectivity index (χ0) is 12.3. The summed E-state index contributed by atoms with van der Waals surface area (Å²) in [5.41, 5.74) is 0.774. The Morgan fingerprint density at radius 3 is 2.82 bits per heavy atom. The fourth-order valence-corrected chi connectivity index (χ4v) is 2.26. The van der Waals surface area contributed by atoms with Crippen molar-refractivity contribution in [2.45, 2.75) is 5.88 Å². The second-order valence-corrected chi connectivity index (χ2v) is 4.88. The molecule has 1 aromatic carbocycles. The summed E-state index contributed by atoms with van der Waals surface area (Å²) in [5.74, 6) is 1.58. The van der Waals surface area contributed by atoms with Crippen LogP contribution in [-0.4, -0.2) is 4.98 Å². The third-order valence-corrected chi connectivity index (χ3v) is 3.17. The Hall–Kier alpha value is -0.770. The number of hydrogen-bond donors (Lipinski definition) is 0. The van der Waals surface area contributed by atoms with Crippen molar-refractivity contribution in [1.82, 2.24) is 4.98 Å². The average molecular weight is 333 g/mol. The van der Waals surface area contributed by atoms with Crippen LogP contribution in [0.3, 0.4) is 0 Å². The molecule has 2 aromatic rings. The summed E-state index contributed by atoms with van der Waals surface area (Å²) in [6, 6.07) is 7.25. The average Bonchev–Trinajstić information content (AvgIpc) is 2.29. The number of benzene rings is 1. The first-order chi connectivity index (χ1) is 8.20. The lowest BCUT2D eigenvalue weighted by molar-refractivity contribution is 0.475. The first-order valence-corrected chi connectivity index (χ1v) is 6.53. The van der Waals surface area contributed by atoms with Gasteiger partial charge in [-0.3, -0.25) is 4.98 Å². The largest absolute Gasteiger partial charge is 0.455 e. The van der Waals surface area contributed by atoms with Gasteiger partial charge >= 0.3 is 0 Å². The van der Waals surface area contributed by atoms with Gasteiger partial charge < -0.3 is 4.74 Å². The van der Waals surface area contributed by atoms with Crippen LogP contribution in [-0.2, 0) is 5.88 Å². The lowest BCUT2D eigenvalue weighted by Gasteiger charge is -2.10. The molecule has 0 saturated heterocycles. The number of nitrogens with zero attached hydrogens (tertiary/aromatic N) is 1. The van der Waals surface area contributed by atoms with E-state index in [2.05, 4.69) is 20.9 Å². The Morgan fingerprint density at radius 1 is 1.29 bits per heavy atom. The van der Waals surface area contributed by atoms with E-state index in [9.17, 15) is 0 Å². The summed E-state index contributed by atoms with van der Waals surface area (Å²) < 4.78 is 6.55. The van der Waals surface area contributed by atoms with Crippen LogP contribution >= 0.6 is 39.1 Å². The normalized spacial score (nSPS) is 10.3. The Balaban J connectivity index is 2.33. The van der Waals surface area contributed by atoms with E-state index in [1.54, 1.807) is 18.5 Å². The Bertz CT molecular complexity index is 534. The standard InChI is InChI=1S/C12H8BrCl2NO/c13-8-4-9(7-16-6-8)17-12-3-1-2-11(15)10(12)5-14/h1-4,6-7H,5H2. The van der Waals surface area contributed by atoms with Crippen molar-refractivity contribution in [3.8, 4) is 11.5 Å². The van der Waals surface area contributed by atoms with Crippen molar-refractivity contribution in [3.05, 3.63) is 51.7 Å². The van der Waals surface area contributed by atoms with Gasteiger partial charge in [0.2, 0.25) is 0 Å². The minimum absolute atomic E-state index is 0.302. The maximum Gasteiger partial charge on any atom is 0.146 e. The van der Waals surface area contributed by atoms with Gasteiger partial charge in [-0.15, -0.1) is 11.6 Å². The molecule has 2 rings (SSSR count). The van der Waals surface area contributed by atoms with E-state index in [1.807, 2.05) is 18.2 Å². The van der Waals surface area contributed by atoms with Crippen molar-refractivity contribution >= 4 is 39.1 Å². The van der Waals surface area contributed by atoms with Crippen LogP contribution in [0, 0.1) is 0 Å². The molecule has 0 bridgehead atoms. The lowest BCUT2D eigenvalue weighted by Crippen LogP contribution is -1.91. The van der Waals surface area contributed by atoms with Crippen LogP contribution in [0.5, 0.6) is 11.5 Å². The minimum Gasteiger partial charge on any atom is -0.455 e. The zero-order valence-electron chi connectivity index (χ0n) is 8.66.